The van der Waals surface area contributed by atoms with E-state index < -0.39 is 0 Å². The Morgan fingerprint density at radius 3 is 1.92 bits per heavy atom. The molecule has 0 bridgehead atoms. The molecular formula is C49H42N4. The number of anilines is 2. The molecule has 0 fully saturated rings. The minimum Gasteiger partial charge on any atom is -0.355 e. The zero-order valence-corrected chi connectivity index (χ0v) is 30.3. The normalized spacial score (nSPS) is 17.1. The van der Waals surface area contributed by atoms with Gasteiger partial charge in [-0.15, -0.1) is 0 Å². The van der Waals surface area contributed by atoms with Gasteiger partial charge in [-0.25, -0.2) is 4.99 Å². The number of nitrogens with zero attached hydrogens (tertiary/aromatic N) is 2. The van der Waals surface area contributed by atoms with E-state index in [0.717, 1.165) is 28.3 Å². The molecule has 1 heterocycles. The predicted molar refractivity (Wildman–Crippen MR) is 220 cm³/mol. The molecule has 2 unspecified atom stereocenters. The van der Waals surface area contributed by atoms with Crippen LogP contribution in [0, 0.1) is 0 Å². The lowest BCUT2D eigenvalue weighted by Gasteiger charge is -2.39. The molecule has 53 heavy (non-hydrogen) atoms. The van der Waals surface area contributed by atoms with Gasteiger partial charge in [-0.1, -0.05) is 172 Å². The van der Waals surface area contributed by atoms with E-state index in [1.807, 2.05) is 0 Å². The third-order valence-electron chi connectivity index (χ3n) is 10.9. The number of aliphatic imine (C=N–C) groups is 1. The van der Waals surface area contributed by atoms with Crippen molar-refractivity contribution < 1.29 is 0 Å². The molecule has 258 valence electrons. The summed E-state index contributed by atoms with van der Waals surface area (Å²) in [5, 5.41) is 7.81. The highest BCUT2D eigenvalue weighted by Gasteiger charge is 2.38. The molecule has 7 aromatic rings. The van der Waals surface area contributed by atoms with E-state index in [-0.39, 0.29) is 17.7 Å². The molecule has 0 radical (unpaired) electrons. The molecule has 1 aliphatic carbocycles. The molecule has 4 heteroatoms. The number of hydrogen-bond donors (Lipinski definition) is 2. The Balaban J connectivity index is 1.17. The van der Waals surface area contributed by atoms with Crippen LogP contribution in [0.3, 0.4) is 0 Å². The van der Waals surface area contributed by atoms with E-state index in [1.165, 1.54) is 50.1 Å². The standard InChI is InChI=1S/C49H42N4/c1-49(2)43-28-14-13-27-41(43)42-30-29-40(37-24-15-23-36(31-37)33-17-7-4-8-18-33)45(44(42)49)50-39-26-16-25-38(32-39)48-52-46(34-19-9-5-10-20-34)51-47(53(48)3)35-21-11-6-12-22-35/h4-32,46-47,50-51H,1-3H3. The Bertz CT molecular complexity index is 2450. The molecule has 2 atom stereocenters. The average Bonchev–Trinajstić information content (AvgIpc) is 3.45. The Morgan fingerprint density at radius 1 is 0.547 bits per heavy atom. The highest BCUT2D eigenvalue weighted by molar-refractivity contribution is 6.01. The van der Waals surface area contributed by atoms with Crippen LogP contribution < -0.4 is 10.6 Å². The number of benzene rings is 7. The second-order valence-electron chi connectivity index (χ2n) is 14.6. The quantitative estimate of drug-likeness (QED) is 0.175. The monoisotopic (exact) mass is 686 g/mol. The summed E-state index contributed by atoms with van der Waals surface area (Å²) in [5.41, 5.74) is 15.4. The second-order valence-corrected chi connectivity index (χ2v) is 14.6. The van der Waals surface area contributed by atoms with Gasteiger partial charge in [-0.05, 0) is 68.3 Å². The summed E-state index contributed by atoms with van der Waals surface area (Å²) in [6.45, 7) is 4.71. The van der Waals surface area contributed by atoms with E-state index in [2.05, 4.69) is 212 Å². The van der Waals surface area contributed by atoms with Crippen molar-refractivity contribution in [3.63, 3.8) is 0 Å². The Labute approximate surface area is 312 Å². The van der Waals surface area contributed by atoms with E-state index >= 15 is 0 Å². The lowest BCUT2D eigenvalue weighted by Crippen LogP contribution is -2.46. The lowest BCUT2D eigenvalue weighted by atomic mass is 9.80. The van der Waals surface area contributed by atoms with Gasteiger partial charge >= 0.3 is 0 Å². The topological polar surface area (TPSA) is 39.7 Å². The fraction of sp³-hybridized carbons (Fsp3) is 0.122. The van der Waals surface area contributed by atoms with Gasteiger partial charge in [-0.3, -0.25) is 5.32 Å². The summed E-state index contributed by atoms with van der Waals surface area (Å²) in [6.07, 6.45) is -0.241. The van der Waals surface area contributed by atoms with Crippen LogP contribution in [0.15, 0.2) is 181 Å². The fourth-order valence-electron chi connectivity index (χ4n) is 8.30. The number of hydrogen-bond acceptors (Lipinski definition) is 4. The molecule has 0 saturated heterocycles. The number of nitrogens with one attached hydrogen (secondary N) is 2. The van der Waals surface area contributed by atoms with Gasteiger partial charge < -0.3 is 10.2 Å². The van der Waals surface area contributed by atoms with Crippen molar-refractivity contribution in [3.05, 3.63) is 204 Å². The first kappa shape index (κ1) is 32.7. The minimum atomic E-state index is -0.204. The highest BCUT2D eigenvalue weighted by Crippen LogP contribution is 2.54. The Morgan fingerprint density at radius 2 is 1.15 bits per heavy atom. The summed E-state index contributed by atoms with van der Waals surface area (Å²) >= 11 is 0. The van der Waals surface area contributed by atoms with Crippen LogP contribution in [-0.2, 0) is 5.41 Å². The second kappa shape index (κ2) is 13.4. The van der Waals surface area contributed by atoms with Crippen molar-refractivity contribution in [2.75, 3.05) is 12.4 Å². The van der Waals surface area contributed by atoms with E-state index in [0.29, 0.717) is 0 Å². The van der Waals surface area contributed by atoms with Crippen LogP contribution in [0.2, 0.25) is 0 Å². The van der Waals surface area contributed by atoms with Gasteiger partial charge in [0.15, 0.2) is 0 Å². The van der Waals surface area contributed by atoms with Gasteiger partial charge in [0.25, 0.3) is 0 Å². The summed E-state index contributed by atoms with van der Waals surface area (Å²) in [5.74, 6) is 0.942. The molecule has 1 aliphatic heterocycles. The number of fused-ring (bicyclic) bond motifs is 3. The van der Waals surface area contributed by atoms with Gasteiger partial charge in [0.1, 0.15) is 18.2 Å². The van der Waals surface area contributed by atoms with Crippen LogP contribution in [0.4, 0.5) is 11.4 Å². The number of amidine groups is 1. The molecular weight excluding hydrogens is 645 g/mol. The molecule has 0 spiro atoms. The van der Waals surface area contributed by atoms with Crippen LogP contribution >= 0.6 is 0 Å². The van der Waals surface area contributed by atoms with Crippen LogP contribution in [0.25, 0.3) is 33.4 Å². The van der Waals surface area contributed by atoms with Crippen LogP contribution in [0.5, 0.6) is 0 Å². The first-order valence-corrected chi connectivity index (χ1v) is 18.4. The summed E-state index contributed by atoms with van der Waals surface area (Å²) in [4.78, 5) is 7.60. The molecule has 0 saturated carbocycles. The lowest BCUT2D eigenvalue weighted by molar-refractivity contribution is 0.257. The Hall–Kier alpha value is -6.23. The maximum atomic E-state index is 5.34. The maximum Gasteiger partial charge on any atom is 0.134 e. The summed E-state index contributed by atoms with van der Waals surface area (Å²) in [7, 11) is 2.13. The largest absolute Gasteiger partial charge is 0.355 e. The number of rotatable bonds is 7. The van der Waals surface area contributed by atoms with Crippen LogP contribution in [0.1, 0.15) is 54.0 Å². The van der Waals surface area contributed by atoms with Gasteiger partial charge in [0.2, 0.25) is 0 Å². The van der Waals surface area contributed by atoms with Crippen molar-refractivity contribution in [3.8, 4) is 33.4 Å². The highest BCUT2D eigenvalue weighted by atomic mass is 15.4. The van der Waals surface area contributed by atoms with Crippen molar-refractivity contribution in [2.24, 2.45) is 4.99 Å². The first-order chi connectivity index (χ1) is 26.0. The first-order valence-electron chi connectivity index (χ1n) is 18.4. The van der Waals surface area contributed by atoms with Crippen molar-refractivity contribution in [1.29, 1.82) is 0 Å². The zero-order valence-electron chi connectivity index (χ0n) is 30.3. The van der Waals surface area contributed by atoms with Crippen molar-refractivity contribution in [1.82, 2.24) is 10.2 Å². The fourth-order valence-corrected chi connectivity index (χ4v) is 8.30. The van der Waals surface area contributed by atoms with Crippen molar-refractivity contribution >= 4 is 17.2 Å². The molecule has 0 amide bonds. The maximum absolute atomic E-state index is 5.34. The van der Waals surface area contributed by atoms with Gasteiger partial charge in [0.05, 0.1) is 5.69 Å². The van der Waals surface area contributed by atoms with E-state index in [4.69, 9.17) is 4.99 Å². The molecule has 7 aromatic carbocycles. The van der Waals surface area contributed by atoms with Gasteiger partial charge in [0, 0.05) is 29.3 Å². The molecule has 2 N–H and O–H groups in total. The molecule has 0 aromatic heterocycles. The smallest absolute Gasteiger partial charge is 0.134 e. The van der Waals surface area contributed by atoms with E-state index in [9.17, 15) is 0 Å². The zero-order chi connectivity index (χ0) is 35.9. The molecule has 4 nitrogen and oxygen atoms in total. The molecule has 2 aliphatic rings. The third-order valence-corrected chi connectivity index (χ3v) is 10.9. The summed E-state index contributed by atoms with van der Waals surface area (Å²) < 4.78 is 0. The average molecular weight is 687 g/mol. The van der Waals surface area contributed by atoms with E-state index in [1.54, 1.807) is 0 Å². The summed E-state index contributed by atoms with van der Waals surface area (Å²) in [6, 6.07) is 62.9. The van der Waals surface area contributed by atoms with Crippen molar-refractivity contribution in [2.45, 2.75) is 31.6 Å². The van der Waals surface area contributed by atoms with Gasteiger partial charge in [-0.2, -0.15) is 0 Å². The minimum absolute atomic E-state index is 0.0503. The molecule has 9 rings (SSSR count). The van der Waals surface area contributed by atoms with Crippen LogP contribution in [-0.4, -0.2) is 17.8 Å². The Kier molecular flexibility index (Phi) is 8.25. The SMILES string of the molecule is CN1C(c2cccc(Nc3c(-c4cccc(-c5ccccc5)c4)ccc4c3C(C)(C)c3ccccc3-4)c2)=NC(c2ccccc2)NC1c1ccccc1. The predicted octanol–water partition coefficient (Wildman–Crippen LogP) is 11.7. The third kappa shape index (κ3) is 5.91.